The Morgan fingerprint density at radius 3 is 2.88 bits per heavy atom. The molecule has 4 heterocycles. The van der Waals surface area contributed by atoms with Gasteiger partial charge in [0, 0.05) is 47.9 Å². The number of hydrogen-bond donors (Lipinski definition) is 1. The highest BCUT2D eigenvalue weighted by atomic mass is 16.5. The smallest absolute Gasteiger partial charge is 0.141 e. The average Bonchev–Trinajstić information content (AvgIpc) is 3.25. The van der Waals surface area contributed by atoms with Gasteiger partial charge in [-0.3, -0.25) is 9.88 Å². The van der Waals surface area contributed by atoms with E-state index in [2.05, 4.69) is 32.2 Å². The van der Waals surface area contributed by atoms with E-state index in [0.717, 1.165) is 48.0 Å². The van der Waals surface area contributed by atoms with Crippen LogP contribution in [-0.4, -0.2) is 38.1 Å². The van der Waals surface area contributed by atoms with E-state index >= 15 is 0 Å². The molecule has 0 bridgehead atoms. The van der Waals surface area contributed by atoms with Gasteiger partial charge in [-0.05, 0) is 39.3 Å². The van der Waals surface area contributed by atoms with Crippen molar-refractivity contribution in [3.8, 4) is 11.1 Å². The molecule has 25 heavy (non-hydrogen) atoms. The Bertz CT molecular complexity index is 803. The van der Waals surface area contributed by atoms with Gasteiger partial charge in [-0.25, -0.2) is 4.98 Å². The fourth-order valence-corrected chi connectivity index (χ4v) is 3.73. The quantitative estimate of drug-likeness (QED) is 0.789. The van der Waals surface area contributed by atoms with Crippen LogP contribution in [0.2, 0.25) is 0 Å². The van der Waals surface area contributed by atoms with Crippen molar-refractivity contribution in [2.75, 3.05) is 13.1 Å². The lowest BCUT2D eigenvalue weighted by Crippen LogP contribution is -2.34. The number of piperidine rings is 1. The second kappa shape index (κ2) is 6.80. The first-order valence-corrected chi connectivity index (χ1v) is 8.80. The van der Waals surface area contributed by atoms with E-state index < -0.39 is 0 Å². The number of nitrogens with zero attached hydrogens (tertiary/aromatic N) is 4. The third-order valence-corrected chi connectivity index (χ3v) is 4.96. The normalized spacial score (nSPS) is 18.6. The van der Waals surface area contributed by atoms with Crippen LogP contribution in [0, 0.1) is 13.8 Å². The fourth-order valence-electron chi connectivity index (χ4n) is 3.73. The lowest BCUT2D eigenvalue weighted by molar-refractivity contribution is 0.194. The van der Waals surface area contributed by atoms with Gasteiger partial charge in [0.2, 0.25) is 0 Å². The molecule has 0 amide bonds. The van der Waals surface area contributed by atoms with E-state index in [-0.39, 0.29) is 0 Å². The number of likely N-dealkylation sites (tertiary alicyclic amines) is 1. The average molecular weight is 337 g/mol. The number of aromatic amines is 1. The monoisotopic (exact) mass is 337 g/mol. The Balaban J connectivity index is 1.48. The molecule has 0 aromatic carbocycles. The van der Waals surface area contributed by atoms with Gasteiger partial charge in [0.25, 0.3) is 0 Å². The van der Waals surface area contributed by atoms with Crippen LogP contribution < -0.4 is 0 Å². The summed E-state index contributed by atoms with van der Waals surface area (Å²) in [6.07, 6.45) is 8.02. The minimum atomic E-state index is 0.474. The third-order valence-electron chi connectivity index (χ3n) is 4.96. The molecule has 1 aliphatic heterocycles. The molecule has 0 saturated carbocycles. The molecule has 0 radical (unpaired) electrons. The molecule has 0 unspecified atom stereocenters. The molecule has 3 aromatic rings. The number of imidazole rings is 1. The maximum Gasteiger partial charge on any atom is 0.141 e. The van der Waals surface area contributed by atoms with E-state index in [1.165, 1.54) is 18.5 Å². The SMILES string of the molecule is Cc1noc(C)c1-c1ccc([C@@H]2CCCN(Cc3ncc[nH]3)C2)nc1. The molecule has 1 aliphatic rings. The number of rotatable bonds is 4. The van der Waals surface area contributed by atoms with Crippen LogP contribution in [0.4, 0.5) is 0 Å². The minimum Gasteiger partial charge on any atom is -0.361 e. The van der Waals surface area contributed by atoms with Crippen molar-refractivity contribution in [1.29, 1.82) is 0 Å². The first-order valence-electron chi connectivity index (χ1n) is 8.80. The molecular weight excluding hydrogens is 314 g/mol. The van der Waals surface area contributed by atoms with Crippen molar-refractivity contribution >= 4 is 0 Å². The highest BCUT2D eigenvalue weighted by Crippen LogP contribution is 2.30. The molecule has 4 rings (SSSR count). The van der Waals surface area contributed by atoms with Crippen LogP contribution in [0.5, 0.6) is 0 Å². The first kappa shape index (κ1) is 16.0. The predicted molar refractivity (Wildman–Crippen MR) is 95.0 cm³/mol. The van der Waals surface area contributed by atoms with Crippen LogP contribution in [0.1, 0.15) is 41.7 Å². The zero-order valence-electron chi connectivity index (χ0n) is 14.7. The zero-order chi connectivity index (χ0) is 17.2. The lowest BCUT2D eigenvalue weighted by atomic mass is 9.93. The molecule has 1 saturated heterocycles. The van der Waals surface area contributed by atoms with Crippen LogP contribution in [0.3, 0.4) is 0 Å². The predicted octanol–water partition coefficient (Wildman–Crippen LogP) is 3.46. The standard InChI is InChI=1S/C19H23N5O/c1-13-19(14(2)25-23-13)15-5-6-17(22-10-15)16-4-3-9-24(11-16)12-18-20-7-8-21-18/h5-8,10,16H,3-4,9,11-12H2,1-2H3,(H,20,21)/t16-/m1/s1. The van der Waals surface area contributed by atoms with Gasteiger partial charge in [0.15, 0.2) is 0 Å². The maximum absolute atomic E-state index is 5.27. The fraction of sp³-hybridized carbons (Fsp3) is 0.421. The van der Waals surface area contributed by atoms with E-state index in [9.17, 15) is 0 Å². The zero-order valence-corrected chi connectivity index (χ0v) is 14.7. The van der Waals surface area contributed by atoms with Crippen molar-refractivity contribution in [3.05, 3.63) is 53.7 Å². The second-order valence-electron chi connectivity index (χ2n) is 6.78. The Labute approximate surface area is 147 Å². The van der Waals surface area contributed by atoms with Crippen molar-refractivity contribution in [2.45, 2.75) is 39.2 Å². The van der Waals surface area contributed by atoms with Crippen molar-refractivity contribution in [3.63, 3.8) is 0 Å². The van der Waals surface area contributed by atoms with E-state index in [4.69, 9.17) is 9.51 Å². The van der Waals surface area contributed by atoms with E-state index in [1.54, 1.807) is 0 Å². The van der Waals surface area contributed by atoms with Gasteiger partial charge < -0.3 is 9.51 Å². The number of nitrogens with one attached hydrogen (secondary N) is 1. The van der Waals surface area contributed by atoms with Gasteiger partial charge in [-0.15, -0.1) is 0 Å². The van der Waals surface area contributed by atoms with Gasteiger partial charge in [0.05, 0.1) is 12.2 Å². The highest BCUT2D eigenvalue weighted by molar-refractivity contribution is 5.66. The van der Waals surface area contributed by atoms with Crippen LogP contribution >= 0.6 is 0 Å². The summed E-state index contributed by atoms with van der Waals surface area (Å²) in [5.74, 6) is 2.35. The minimum absolute atomic E-state index is 0.474. The molecule has 6 nitrogen and oxygen atoms in total. The van der Waals surface area contributed by atoms with Crippen molar-refractivity contribution < 1.29 is 4.52 Å². The molecule has 0 spiro atoms. The van der Waals surface area contributed by atoms with Crippen molar-refractivity contribution in [2.24, 2.45) is 0 Å². The Kier molecular flexibility index (Phi) is 4.36. The number of hydrogen-bond acceptors (Lipinski definition) is 5. The molecular formula is C19H23N5O. The van der Waals surface area contributed by atoms with Crippen molar-refractivity contribution in [1.82, 2.24) is 25.0 Å². The summed E-state index contributed by atoms with van der Waals surface area (Å²) < 4.78 is 5.27. The number of aryl methyl sites for hydroxylation is 2. The van der Waals surface area contributed by atoms with Crippen LogP contribution in [0.15, 0.2) is 35.2 Å². The van der Waals surface area contributed by atoms with Gasteiger partial charge in [-0.2, -0.15) is 0 Å². The summed E-state index contributed by atoms with van der Waals surface area (Å²) in [5, 5.41) is 4.03. The van der Waals surface area contributed by atoms with E-state index in [1.807, 2.05) is 32.4 Å². The summed E-state index contributed by atoms with van der Waals surface area (Å²) in [6, 6.07) is 4.29. The molecule has 1 atom stereocenters. The molecule has 6 heteroatoms. The Hall–Kier alpha value is -2.47. The van der Waals surface area contributed by atoms with Gasteiger partial charge >= 0.3 is 0 Å². The highest BCUT2D eigenvalue weighted by Gasteiger charge is 2.23. The van der Waals surface area contributed by atoms with Crippen LogP contribution in [-0.2, 0) is 6.54 Å². The van der Waals surface area contributed by atoms with E-state index in [0.29, 0.717) is 5.92 Å². The third kappa shape index (κ3) is 3.35. The molecule has 1 fully saturated rings. The first-order chi connectivity index (χ1) is 12.2. The summed E-state index contributed by atoms with van der Waals surface area (Å²) >= 11 is 0. The van der Waals surface area contributed by atoms with Gasteiger partial charge in [-0.1, -0.05) is 11.2 Å². The Morgan fingerprint density at radius 1 is 1.28 bits per heavy atom. The number of H-pyrrole nitrogens is 1. The number of pyridine rings is 1. The number of aromatic nitrogens is 4. The summed E-state index contributed by atoms with van der Waals surface area (Å²) in [7, 11) is 0. The summed E-state index contributed by atoms with van der Waals surface area (Å²) in [6.45, 7) is 6.93. The molecule has 0 aliphatic carbocycles. The molecule has 3 aromatic heterocycles. The topological polar surface area (TPSA) is 70.8 Å². The maximum atomic E-state index is 5.27. The largest absolute Gasteiger partial charge is 0.361 e. The van der Waals surface area contributed by atoms with Gasteiger partial charge in [0.1, 0.15) is 11.6 Å². The second-order valence-corrected chi connectivity index (χ2v) is 6.78. The van der Waals surface area contributed by atoms with Crippen LogP contribution in [0.25, 0.3) is 11.1 Å². The Morgan fingerprint density at radius 2 is 2.20 bits per heavy atom. The lowest BCUT2D eigenvalue weighted by Gasteiger charge is -2.31. The summed E-state index contributed by atoms with van der Waals surface area (Å²) in [5.41, 5.74) is 4.21. The summed E-state index contributed by atoms with van der Waals surface area (Å²) in [4.78, 5) is 14.7. The molecule has 1 N–H and O–H groups in total. The molecule has 130 valence electrons.